The molecule has 0 amide bonds. The first-order valence-corrected chi connectivity index (χ1v) is 6.96. The van der Waals surface area contributed by atoms with E-state index in [0.29, 0.717) is 17.8 Å². The summed E-state index contributed by atoms with van der Waals surface area (Å²) in [6.45, 7) is 4.26. The first kappa shape index (κ1) is 16.9. The molecule has 122 valence electrons. The fourth-order valence-electron chi connectivity index (χ4n) is 2.06. The minimum atomic E-state index is -4.72. The number of allylic oxidation sites excluding steroid dienone is 2. The van der Waals surface area contributed by atoms with E-state index in [0.717, 1.165) is 5.57 Å². The highest BCUT2D eigenvalue weighted by Crippen LogP contribution is 2.26. The van der Waals surface area contributed by atoms with Crippen LogP contribution >= 0.6 is 0 Å². The molecule has 0 radical (unpaired) electrons. The molecule has 0 N–H and O–H groups in total. The maximum atomic E-state index is 12.2. The fourth-order valence-corrected chi connectivity index (χ4v) is 2.06. The highest BCUT2D eigenvalue weighted by molar-refractivity contribution is 5.60. The summed E-state index contributed by atoms with van der Waals surface area (Å²) in [5.41, 5.74) is 2.17. The van der Waals surface area contributed by atoms with Crippen LogP contribution in [-0.4, -0.2) is 10.9 Å². The van der Waals surface area contributed by atoms with Crippen LogP contribution < -0.4 is 10.3 Å². The van der Waals surface area contributed by atoms with Crippen LogP contribution in [0, 0.1) is 0 Å². The summed E-state index contributed by atoms with van der Waals surface area (Å²) in [5.74, 6) is -0.296. The number of benzene rings is 1. The number of pyridine rings is 1. The minimum absolute atomic E-state index is 0.171. The molecule has 2 aromatic rings. The summed E-state index contributed by atoms with van der Waals surface area (Å²) >= 11 is 0. The van der Waals surface area contributed by atoms with E-state index in [1.165, 1.54) is 30.3 Å². The van der Waals surface area contributed by atoms with Crippen LogP contribution in [0.3, 0.4) is 0 Å². The van der Waals surface area contributed by atoms with E-state index in [2.05, 4.69) is 4.74 Å². The highest BCUT2D eigenvalue weighted by Gasteiger charge is 2.30. The number of nitrogens with zero attached hydrogens (tertiary/aromatic N) is 1. The smallest absolute Gasteiger partial charge is 0.406 e. The van der Waals surface area contributed by atoms with Gasteiger partial charge in [0, 0.05) is 12.6 Å². The number of ether oxygens (including phenoxy) is 1. The van der Waals surface area contributed by atoms with Gasteiger partial charge in [0.05, 0.1) is 5.69 Å². The Kier molecular flexibility index (Phi) is 4.93. The Morgan fingerprint density at radius 1 is 1.13 bits per heavy atom. The molecule has 2 rings (SSSR count). The molecule has 0 bridgehead atoms. The van der Waals surface area contributed by atoms with Crippen molar-refractivity contribution >= 4 is 0 Å². The molecule has 0 unspecified atom stereocenters. The van der Waals surface area contributed by atoms with Gasteiger partial charge in [-0.15, -0.1) is 13.2 Å². The lowest BCUT2D eigenvalue weighted by Crippen LogP contribution is -2.20. The molecule has 0 saturated carbocycles. The molecule has 0 spiro atoms. The van der Waals surface area contributed by atoms with Crippen molar-refractivity contribution in [3.05, 3.63) is 64.5 Å². The molecule has 0 aliphatic rings. The molecule has 1 aromatic carbocycles. The van der Waals surface area contributed by atoms with Crippen LogP contribution in [-0.2, 0) is 6.54 Å². The molecule has 6 heteroatoms. The molecular weight excluding hydrogens is 307 g/mol. The third-order valence-corrected chi connectivity index (χ3v) is 3.12. The first-order valence-electron chi connectivity index (χ1n) is 6.96. The summed E-state index contributed by atoms with van der Waals surface area (Å²) in [4.78, 5) is 12.0. The monoisotopic (exact) mass is 323 g/mol. The van der Waals surface area contributed by atoms with Crippen LogP contribution in [0.1, 0.15) is 13.8 Å². The number of halogens is 3. The van der Waals surface area contributed by atoms with E-state index in [9.17, 15) is 18.0 Å². The van der Waals surface area contributed by atoms with Crippen LogP contribution in [0.15, 0.2) is 58.9 Å². The van der Waals surface area contributed by atoms with Gasteiger partial charge in [-0.05, 0) is 49.7 Å². The summed E-state index contributed by atoms with van der Waals surface area (Å²) in [5, 5.41) is 0. The molecule has 0 atom stereocenters. The van der Waals surface area contributed by atoms with Gasteiger partial charge >= 0.3 is 6.36 Å². The lowest BCUT2D eigenvalue weighted by Gasteiger charge is -2.13. The lowest BCUT2D eigenvalue weighted by atomic mass is 10.1. The zero-order valence-corrected chi connectivity index (χ0v) is 12.7. The molecule has 3 nitrogen and oxygen atoms in total. The quantitative estimate of drug-likeness (QED) is 0.782. The van der Waals surface area contributed by atoms with Crippen LogP contribution in [0.4, 0.5) is 13.2 Å². The Bertz CT molecular complexity index is 755. The second-order valence-corrected chi connectivity index (χ2v) is 5.21. The van der Waals surface area contributed by atoms with Crippen molar-refractivity contribution in [1.29, 1.82) is 0 Å². The molecule has 0 saturated heterocycles. The molecule has 0 aliphatic carbocycles. The van der Waals surface area contributed by atoms with E-state index >= 15 is 0 Å². The van der Waals surface area contributed by atoms with Crippen molar-refractivity contribution in [2.24, 2.45) is 0 Å². The summed E-state index contributed by atoms with van der Waals surface area (Å²) in [6.07, 6.45) is -2.81. The van der Waals surface area contributed by atoms with Crippen molar-refractivity contribution in [2.75, 3.05) is 0 Å². The number of alkyl halides is 3. The molecular formula is C17H16F3NO2. The zero-order chi connectivity index (χ0) is 17.0. The van der Waals surface area contributed by atoms with Gasteiger partial charge in [0.2, 0.25) is 0 Å². The van der Waals surface area contributed by atoms with Crippen LogP contribution in [0.25, 0.3) is 11.3 Å². The van der Waals surface area contributed by atoms with Crippen molar-refractivity contribution in [3.8, 4) is 17.0 Å². The van der Waals surface area contributed by atoms with Crippen molar-refractivity contribution in [2.45, 2.75) is 26.8 Å². The van der Waals surface area contributed by atoms with Gasteiger partial charge < -0.3 is 9.30 Å². The van der Waals surface area contributed by atoms with Crippen molar-refractivity contribution < 1.29 is 17.9 Å². The average Bonchev–Trinajstić information content (AvgIpc) is 2.45. The van der Waals surface area contributed by atoms with Crippen LogP contribution in [0.5, 0.6) is 5.75 Å². The van der Waals surface area contributed by atoms with Gasteiger partial charge in [0.25, 0.3) is 5.56 Å². The largest absolute Gasteiger partial charge is 0.573 e. The number of hydrogen-bond donors (Lipinski definition) is 0. The topological polar surface area (TPSA) is 31.2 Å². The van der Waals surface area contributed by atoms with E-state index < -0.39 is 6.36 Å². The van der Waals surface area contributed by atoms with Gasteiger partial charge in [-0.1, -0.05) is 17.7 Å². The molecule has 1 heterocycles. The Labute approximate surface area is 131 Å². The minimum Gasteiger partial charge on any atom is -0.406 e. The standard InChI is InChI=1S/C17H16F3NO2/c1-12(2)10-11-21-15(4-3-5-16(21)22)13-6-8-14(9-7-13)23-17(18,19)20/h3-10H,11H2,1-2H3. The maximum absolute atomic E-state index is 12.2. The molecule has 0 fully saturated rings. The normalized spacial score (nSPS) is 11.2. The fraction of sp³-hybridized carbons (Fsp3) is 0.235. The first-order chi connectivity index (χ1) is 10.8. The molecule has 0 aliphatic heterocycles. The third-order valence-electron chi connectivity index (χ3n) is 3.12. The lowest BCUT2D eigenvalue weighted by molar-refractivity contribution is -0.274. The second kappa shape index (κ2) is 6.73. The zero-order valence-electron chi connectivity index (χ0n) is 12.7. The highest BCUT2D eigenvalue weighted by atomic mass is 19.4. The van der Waals surface area contributed by atoms with Gasteiger partial charge in [-0.25, -0.2) is 0 Å². The predicted octanol–water partition coefficient (Wildman–Crippen LogP) is 4.38. The van der Waals surface area contributed by atoms with Gasteiger partial charge in [-0.3, -0.25) is 4.79 Å². The Morgan fingerprint density at radius 3 is 2.35 bits per heavy atom. The number of hydrogen-bond acceptors (Lipinski definition) is 2. The van der Waals surface area contributed by atoms with Gasteiger partial charge in [0.15, 0.2) is 0 Å². The van der Waals surface area contributed by atoms with Gasteiger partial charge in [-0.2, -0.15) is 0 Å². The van der Waals surface area contributed by atoms with E-state index in [-0.39, 0.29) is 11.3 Å². The Hall–Kier alpha value is -2.50. The third kappa shape index (κ3) is 4.74. The summed E-state index contributed by atoms with van der Waals surface area (Å²) < 4.78 is 42.0. The summed E-state index contributed by atoms with van der Waals surface area (Å²) in [7, 11) is 0. The maximum Gasteiger partial charge on any atom is 0.573 e. The van der Waals surface area contributed by atoms with Crippen molar-refractivity contribution in [3.63, 3.8) is 0 Å². The SMILES string of the molecule is CC(C)=CCn1c(-c2ccc(OC(F)(F)F)cc2)cccc1=O. The van der Waals surface area contributed by atoms with Crippen molar-refractivity contribution in [1.82, 2.24) is 4.57 Å². The Balaban J connectivity index is 2.37. The van der Waals surface area contributed by atoms with E-state index in [1.807, 2.05) is 19.9 Å². The van der Waals surface area contributed by atoms with Gasteiger partial charge in [0.1, 0.15) is 5.75 Å². The Morgan fingerprint density at radius 2 is 1.78 bits per heavy atom. The summed E-state index contributed by atoms with van der Waals surface area (Å²) in [6, 6.07) is 10.3. The number of rotatable bonds is 4. The number of aromatic nitrogens is 1. The molecule has 23 heavy (non-hydrogen) atoms. The molecule has 1 aromatic heterocycles. The predicted molar refractivity (Wildman–Crippen MR) is 82.3 cm³/mol. The van der Waals surface area contributed by atoms with E-state index in [1.54, 1.807) is 16.7 Å². The average molecular weight is 323 g/mol. The van der Waals surface area contributed by atoms with E-state index in [4.69, 9.17) is 0 Å². The second-order valence-electron chi connectivity index (χ2n) is 5.21. The van der Waals surface area contributed by atoms with Crippen LogP contribution in [0.2, 0.25) is 0 Å².